The van der Waals surface area contributed by atoms with Gasteiger partial charge in [0, 0.05) is 37.6 Å². The molecule has 2 heterocycles. The Morgan fingerprint density at radius 2 is 2.22 bits per heavy atom. The fourth-order valence-corrected chi connectivity index (χ4v) is 2.37. The average Bonchev–Trinajstić information content (AvgIpc) is 2.73. The molecule has 2 N–H and O–H groups in total. The predicted octanol–water partition coefficient (Wildman–Crippen LogP) is -0.413. The molecule has 2 aromatic heterocycles. The molecule has 0 aliphatic heterocycles. The van der Waals surface area contributed by atoms with E-state index >= 15 is 0 Å². The molecule has 0 bridgehead atoms. The van der Waals surface area contributed by atoms with Crippen molar-refractivity contribution in [2.45, 2.75) is 11.4 Å². The van der Waals surface area contributed by atoms with E-state index < -0.39 is 10.0 Å². The van der Waals surface area contributed by atoms with Crippen molar-refractivity contribution in [3.63, 3.8) is 0 Å². The molecule has 0 aromatic carbocycles. The molecule has 0 atom stereocenters. The molecule has 0 aliphatic carbocycles. The van der Waals surface area contributed by atoms with Gasteiger partial charge in [-0.3, -0.25) is 9.48 Å². The Hall–Kier alpha value is -1.93. The van der Waals surface area contributed by atoms with Crippen molar-refractivity contribution < 1.29 is 8.42 Å². The zero-order valence-electron chi connectivity index (χ0n) is 9.62. The second kappa shape index (κ2) is 4.75. The highest BCUT2D eigenvalue weighted by atomic mass is 32.2. The Labute approximate surface area is 104 Å². The first kappa shape index (κ1) is 12.5. The molecule has 2 aromatic rings. The summed E-state index contributed by atoms with van der Waals surface area (Å²) in [5, 5.41) is 3.94. The molecule has 18 heavy (non-hydrogen) atoms. The summed E-state index contributed by atoms with van der Waals surface area (Å²) >= 11 is 0. The van der Waals surface area contributed by atoms with Crippen LogP contribution >= 0.6 is 0 Å². The van der Waals surface area contributed by atoms with Gasteiger partial charge in [-0.05, 0) is 6.07 Å². The van der Waals surface area contributed by atoms with Crippen molar-refractivity contribution in [3.8, 4) is 0 Å². The second-order valence-corrected chi connectivity index (χ2v) is 5.50. The third-order valence-electron chi connectivity index (χ3n) is 2.29. The number of rotatable bonds is 4. The van der Waals surface area contributed by atoms with E-state index in [1.54, 1.807) is 24.1 Å². The second-order valence-electron chi connectivity index (χ2n) is 3.74. The van der Waals surface area contributed by atoms with Crippen molar-refractivity contribution in [3.05, 3.63) is 46.6 Å². The summed E-state index contributed by atoms with van der Waals surface area (Å²) in [7, 11) is -1.87. The van der Waals surface area contributed by atoms with Gasteiger partial charge >= 0.3 is 0 Å². The van der Waals surface area contributed by atoms with E-state index in [9.17, 15) is 13.2 Å². The first-order valence-electron chi connectivity index (χ1n) is 5.13. The first-order valence-corrected chi connectivity index (χ1v) is 6.61. The zero-order chi connectivity index (χ0) is 13.2. The van der Waals surface area contributed by atoms with Crippen LogP contribution in [0.5, 0.6) is 0 Å². The number of hydrogen-bond acceptors (Lipinski definition) is 4. The molecular weight excluding hydrogens is 256 g/mol. The lowest BCUT2D eigenvalue weighted by atomic mass is 10.4. The first-order chi connectivity index (χ1) is 8.47. The number of nitrogens with zero attached hydrogens (tertiary/aromatic N) is 2. The van der Waals surface area contributed by atoms with Crippen LogP contribution in [0, 0.1) is 0 Å². The summed E-state index contributed by atoms with van der Waals surface area (Å²) in [6, 6.07) is 2.42. The number of aryl methyl sites for hydroxylation is 1. The van der Waals surface area contributed by atoms with E-state index in [0.717, 1.165) is 11.8 Å². The largest absolute Gasteiger partial charge is 0.328 e. The summed E-state index contributed by atoms with van der Waals surface area (Å²) < 4.78 is 27.7. The fraction of sp³-hybridized carbons (Fsp3) is 0.200. The quantitative estimate of drug-likeness (QED) is 0.787. The number of aromatic nitrogens is 3. The zero-order valence-corrected chi connectivity index (χ0v) is 10.4. The van der Waals surface area contributed by atoms with Gasteiger partial charge in [-0.1, -0.05) is 0 Å². The van der Waals surface area contributed by atoms with E-state index in [-0.39, 0.29) is 17.0 Å². The summed E-state index contributed by atoms with van der Waals surface area (Å²) in [5.74, 6) is 0. The molecule has 2 rings (SSSR count). The molecule has 0 radical (unpaired) electrons. The molecular formula is C10H12N4O3S. The molecule has 0 spiro atoms. The average molecular weight is 268 g/mol. The van der Waals surface area contributed by atoms with Gasteiger partial charge in [-0.2, -0.15) is 5.10 Å². The molecule has 0 amide bonds. The minimum atomic E-state index is -3.62. The van der Waals surface area contributed by atoms with Crippen LogP contribution in [0.4, 0.5) is 0 Å². The number of aromatic amines is 1. The van der Waals surface area contributed by atoms with Gasteiger partial charge in [0.05, 0.1) is 11.1 Å². The lowest BCUT2D eigenvalue weighted by Crippen LogP contribution is -2.23. The van der Waals surface area contributed by atoms with Gasteiger partial charge in [-0.25, -0.2) is 13.1 Å². The van der Waals surface area contributed by atoms with E-state index in [1.165, 1.54) is 12.1 Å². The summed E-state index contributed by atoms with van der Waals surface area (Å²) in [6.07, 6.45) is 4.46. The molecule has 96 valence electrons. The van der Waals surface area contributed by atoms with Crippen LogP contribution in [0.25, 0.3) is 0 Å². The van der Waals surface area contributed by atoms with E-state index in [2.05, 4.69) is 14.8 Å². The van der Waals surface area contributed by atoms with Gasteiger partial charge in [0.1, 0.15) is 0 Å². The number of H-pyrrole nitrogens is 1. The van der Waals surface area contributed by atoms with Crippen LogP contribution in [-0.2, 0) is 23.6 Å². The third-order valence-corrected chi connectivity index (χ3v) is 3.69. The summed E-state index contributed by atoms with van der Waals surface area (Å²) in [5.41, 5.74) is 0.409. The maximum absolute atomic E-state index is 11.9. The van der Waals surface area contributed by atoms with Gasteiger partial charge in [-0.15, -0.1) is 0 Å². The van der Waals surface area contributed by atoms with Crippen LogP contribution in [0.15, 0.2) is 40.4 Å². The van der Waals surface area contributed by atoms with Crippen molar-refractivity contribution >= 4 is 10.0 Å². The van der Waals surface area contributed by atoms with Crippen molar-refractivity contribution in [2.75, 3.05) is 0 Å². The molecule has 0 unspecified atom stereocenters. The number of sulfonamides is 1. The highest BCUT2D eigenvalue weighted by Crippen LogP contribution is 2.05. The fourth-order valence-electron chi connectivity index (χ4n) is 1.39. The smallest absolute Gasteiger partial charge is 0.247 e. The Bertz CT molecular complexity index is 681. The monoisotopic (exact) mass is 268 g/mol. The van der Waals surface area contributed by atoms with Crippen LogP contribution in [0.2, 0.25) is 0 Å². The standard InChI is InChI=1S/C10H12N4O3S/c1-14-7-8(4-12-14)5-13-18(16,17)9-2-3-10(15)11-6-9/h2-4,6-7,13H,5H2,1H3,(H,11,15). The lowest BCUT2D eigenvalue weighted by molar-refractivity contribution is 0.581. The number of nitrogens with one attached hydrogen (secondary N) is 2. The van der Waals surface area contributed by atoms with Crippen LogP contribution in [0.1, 0.15) is 5.56 Å². The Balaban J connectivity index is 2.12. The maximum Gasteiger partial charge on any atom is 0.247 e. The van der Waals surface area contributed by atoms with Crippen LogP contribution < -0.4 is 10.3 Å². The number of pyridine rings is 1. The van der Waals surface area contributed by atoms with E-state index in [4.69, 9.17) is 0 Å². The highest BCUT2D eigenvalue weighted by Gasteiger charge is 2.13. The van der Waals surface area contributed by atoms with Crippen molar-refractivity contribution in [1.29, 1.82) is 0 Å². The van der Waals surface area contributed by atoms with E-state index in [0.29, 0.717) is 0 Å². The Morgan fingerprint density at radius 3 is 2.78 bits per heavy atom. The molecule has 0 saturated carbocycles. The summed E-state index contributed by atoms with van der Waals surface area (Å²) in [6.45, 7) is 0.148. The Kier molecular flexibility index (Phi) is 3.30. The third kappa shape index (κ3) is 2.84. The SMILES string of the molecule is Cn1cc(CNS(=O)(=O)c2ccc(=O)[nH]c2)cn1. The predicted molar refractivity (Wildman–Crippen MR) is 64.3 cm³/mol. The van der Waals surface area contributed by atoms with Gasteiger partial charge < -0.3 is 4.98 Å². The van der Waals surface area contributed by atoms with Gasteiger partial charge in [0.25, 0.3) is 0 Å². The van der Waals surface area contributed by atoms with Crippen LogP contribution in [-0.4, -0.2) is 23.2 Å². The molecule has 0 aliphatic rings. The van der Waals surface area contributed by atoms with E-state index in [1.807, 2.05) is 0 Å². The maximum atomic E-state index is 11.9. The normalized spacial score (nSPS) is 11.6. The minimum Gasteiger partial charge on any atom is -0.328 e. The molecule has 8 heteroatoms. The lowest BCUT2D eigenvalue weighted by Gasteiger charge is -2.04. The number of hydrogen-bond donors (Lipinski definition) is 2. The topological polar surface area (TPSA) is 96.9 Å². The highest BCUT2D eigenvalue weighted by molar-refractivity contribution is 7.89. The van der Waals surface area contributed by atoms with Gasteiger partial charge in [0.2, 0.25) is 15.6 Å². The molecule has 7 nitrogen and oxygen atoms in total. The molecule has 0 saturated heterocycles. The molecule has 0 fully saturated rings. The van der Waals surface area contributed by atoms with Crippen LogP contribution in [0.3, 0.4) is 0 Å². The Morgan fingerprint density at radius 1 is 1.44 bits per heavy atom. The van der Waals surface area contributed by atoms with Crippen molar-refractivity contribution in [1.82, 2.24) is 19.5 Å². The summed E-state index contributed by atoms with van der Waals surface area (Å²) in [4.78, 5) is 13.2. The van der Waals surface area contributed by atoms with Crippen molar-refractivity contribution in [2.24, 2.45) is 7.05 Å². The minimum absolute atomic E-state index is 0.0194. The van der Waals surface area contributed by atoms with Gasteiger partial charge in [0.15, 0.2) is 0 Å².